The van der Waals surface area contributed by atoms with Crippen molar-refractivity contribution in [3.63, 3.8) is 0 Å². The number of para-hydroxylation sites is 1. The number of aromatic nitrogens is 3. The molecule has 6 nitrogen and oxygen atoms in total. The van der Waals surface area contributed by atoms with Gasteiger partial charge >= 0.3 is 0 Å². The Labute approximate surface area is 208 Å². The van der Waals surface area contributed by atoms with E-state index in [0.717, 1.165) is 28.1 Å². The number of carbonyl (C=O) groups excluding carboxylic acids is 1. The lowest BCUT2D eigenvalue weighted by Crippen LogP contribution is -2.14. The fourth-order valence-electron chi connectivity index (χ4n) is 3.50. The van der Waals surface area contributed by atoms with E-state index in [1.165, 1.54) is 11.8 Å². The highest BCUT2D eigenvalue weighted by atomic mass is 35.5. The summed E-state index contributed by atoms with van der Waals surface area (Å²) in [6, 6.07) is 21.2. The maximum absolute atomic E-state index is 12.5. The molecular formula is C26H25ClN4O2S. The Kier molecular flexibility index (Phi) is 7.55. The van der Waals surface area contributed by atoms with E-state index in [9.17, 15) is 4.79 Å². The van der Waals surface area contributed by atoms with Gasteiger partial charge in [-0.3, -0.25) is 9.36 Å². The van der Waals surface area contributed by atoms with Gasteiger partial charge < -0.3 is 10.1 Å². The Hall–Kier alpha value is -3.29. The predicted octanol–water partition coefficient (Wildman–Crippen LogP) is 6.16. The molecule has 0 aliphatic heterocycles. The van der Waals surface area contributed by atoms with Gasteiger partial charge in [-0.25, -0.2) is 0 Å². The van der Waals surface area contributed by atoms with Gasteiger partial charge in [-0.2, -0.15) is 0 Å². The van der Waals surface area contributed by atoms with Gasteiger partial charge in [-0.1, -0.05) is 65.3 Å². The van der Waals surface area contributed by atoms with Crippen LogP contribution in [0.3, 0.4) is 0 Å². The van der Waals surface area contributed by atoms with E-state index >= 15 is 0 Å². The summed E-state index contributed by atoms with van der Waals surface area (Å²) in [5.74, 6) is 1.52. The monoisotopic (exact) mass is 492 g/mol. The molecule has 1 heterocycles. The summed E-state index contributed by atoms with van der Waals surface area (Å²) in [5, 5.41) is 12.8. The van der Waals surface area contributed by atoms with Crippen LogP contribution in [0.15, 0.2) is 71.9 Å². The molecule has 4 rings (SSSR count). The number of hydrogen-bond donors (Lipinski definition) is 1. The van der Waals surface area contributed by atoms with Crippen LogP contribution >= 0.6 is 23.4 Å². The van der Waals surface area contributed by atoms with Gasteiger partial charge in [-0.05, 0) is 62.2 Å². The first-order valence-corrected chi connectivity index (χ1v) is 12.2. The van der Waals surface area contributed by atoms with Gasteiger partial charge in [-0.15, -0.1) is 10.2 Å². The first kappa shape index (κ1) is 23.9. The highest BCUT2D eigenvalue weighted by Crippen LogP contribution is 2.26. The van der Waals surface area contributed by atoms with Crippen LogP contribution in [0, 0.1) is 20.8 Å². The number of thioether (sulfide) groups is 1. The van der Waals surface area contributed by atoms with Crippen LogP contribution in [0.2, 0.25) is 5.02 Å². The fraction of sp³-hybridized carbons (Fsp3) is 0.192. The fourth-order valence-corrected chi connectivity index (χ4v) is 4.46. The van der Waals surface area contributed by atoms with Crippen LogP contribution in [0.5, 0.6) is 5.75 Å². The number of benzene rings is 3. The zero-order chi connectivity index (χ0) is 24.1. The van der Waals surface area contributed by atoms with Crippen LogP contribution in [0.4, 0.5) is 5.69 Å². The molecule has 0 unspecified atom stereocenters. The van der Waals surface area contributed by atoms with E-state index < -0.39 is 0 Å². The predicted molar refractivity (Wildman–Crippen MR) is 137 cm³/mol. The van der Waals surface area contributed by atoms with E-state index in [0.29, 0.717) is 21.7 Å². The lowest BCUT2D eigenvalue weighted by Gasteiger charge is -2.14. The lowest BCUT2D eigenvalue weighted by molar-refractivity contribution is -0.113. The zero-order valence-corrected chi connectivity index (χ0v) is 20.8. The summed E-state index contributed by atoms with van der Waals surface area (Å²) >= 11 is 7.32. The molecule has 0 atom stereocenters. The van der Waals surface area contributed by atoms with Crippen molar-refractivity contribution in [1.29, 1.82) is 0 Å². The van der Waals surface area contributed by atoms with Crippen LogP contribution < -0.4 is 10.1 Å². The molecule has 0 bridgehead atoms. The van der Waals surface area contributed by atoms with Crippen molar-refractivity contribution in [3.05, 3.63) is 94.3 Å². The second-order valence-corrected chi connectivity index (χ2v) is 9.31. The number of rotatable bonds is 8. The molecule has 4 aromatic rings. The van der Waals surface area contributed by atoms with Gasteiger partial charge in [0, 0.05) is 16.4 Å². The summed E-state index contributed by atoms with van der Waals surface area (Å²) in [7, 11) is 0. The number of nitrogens with one attached hydrogen (secondary N) is 1. The zero-order valence-electron chi connectivity index (χ0n) is 19.2. The maximum atomic E-state index is 12.5. The molecule has 0 spiro atoms. The molecule has 1 amide bonds. The quantitative estimate of drug-likeness (QED) is 0.298. The van der Waals surface area contributed by atoms with Gasteiger partial charge in [0.15, 0.2) is 11.0 Å². The molecule has 1 aromatic heterocycles. The molecule has 0 saturated heterocycles. The van der Waals surface area contributed by atoms with Crippen molar-refractivity contribution in [2.24, 2.45) is 0 Å². The van der Waals surface area contributed by atoms with Crippen LogP contribution in [-0.4, -0.2) is 26.4 Å². The average Bonchev–Trinajstić information content (AvgIpc) is 3.21. The van der Waals surface area contributed by atoms with E-state index in [2.05, 4.69) is 15.5 Å². The first-order valence-electron chi connectivity index (χ1n) is 10.8. The maximum Gasteiger partial charge on any atom is 0.234 e. The van der Waals surface area contributed by atoms with Crippen LogP contribution in [-0.2, 0) is 11.4 Å². The second-order valence-electron chi connectivity index (χ2n) is 7.93. The lowest BCUT2D eigenvalue weighted by atomic mass is 10.1. The molecule has 1 N–H and O–H groups in total. The Balaban J connectivity index is 1.54. The molecule has 34 heavy (non-hydrogen) atoms. The molecule has 174 valence electrons. The smallest absolute Gasteiger partial charge is 0.234 e. The Morgan fingerprint density at radius 2 is 1.71 bits per heavy atom. The van der Waals surface area contributed by atoms with E-state index in [4.69, 9.17) is 16.3 Å². The third-order valence-corrected chi connectivity index (χ3v) is 6.35. The van der Waals surface area contributed by atoms with Crippen LogP contribution in [0.1, 0.15) is 22.5 Å². The van der Waals surface area contributed by atoms with E-state index in [1.54, 1.807) is 24.3 Å². The van der Waals surface area contributed by atoms with Crippen molar-refractivity contribution in [1.82, 2.24) is 14.8 Å². The average molecular weight is 493 g/mol. The van der Waals surface area contributed by atoms with Gasteiger partial charge in [0.1, 0.15) is 12.4 Å². The number of carbonyl (C=O) groups is 1. The highest BCUT2D eigenvalue weighted by molar-refractivity contribution is 7.99. The highest BCUT2D eigenvalue weighted by Gasteiger charge is 2.17. The van der Waals surface area contributed by atoms with Crippen molar-refractivity contribution in [2.45, 2.75) is 32.5 Å². The summed E-state index contributed by atoms with van der Waals surface area (Å²) in [5.41, 5.74) is 4.84. The standard InChI is InChI=1S/C26H25ClN4O2S/c1-17-10-12-22(13-11-17)31-23(15-33-25-18(2)6-4-7-19(25)3)29-30-26(31)34-16-24(32)28-21-9-5-8-20(27)14-21/h4-14H,15-16H2,1-3H3,(H,28,32). The summed E-state index contributed by atoms with van der Waals surface area (Å²) in [4.78, 5) is 12.5. The Morgan fingerprint density at radius 3 is 2.41 bits per heavy atom. The molecule has 0 aliphatic rings. The second kappa shape index (κ2) is 10.8. The topological polar surface area (TPSA) is 69.0 Å². The number of anilines is 1. The number of amides is 1. The number of aryl methyl sites for hydroxylation is 3. The van der Waals surface area contributed by atoms with Gasteiger partial charge in [0.25, 0.3) is 0 Å². The molecule has 0 radical (unpaired) electrons. The molecule has 8 heteroatoms. The van der Waals surface area contributed by atoms with Gasteiger partial charge in [0.05, 0.1) is 5.75 Å². The van der Waals surface area contributed by atoms with E-state index in [-0.39, 0.29) is 18.3 Å². The third kappa shape index (κ3) is 5.79. The molecule has 3 aromatic carbocycles. The van der Waals surface area contributed by atoms with Crippen molar-refractivity contribution in [3.8, 4) is 11.4 Å². The third-order valence-electron chi connectivity index (χ3n) is 5.19. The largest absolute Gasteiger partial charge is 0.485 e. The number of ether oxygens (including phenoxy) is 1. The van der Waals surface area contributed by atoms with E-state index in [1.807, 2.05) is 67.8 Å². The minimum absolute atomic E-state index is 0.154. The summed E-state index contributed by atoms with van der Waals surface area (Å²) in [6.07, 6.45) is 0. The number of hydrogen-bond acceptors (Lipinski definition) is 5. The minimum atomic E-state index is -0.154. The van der Waals surface area contributed by atoms with Crippen LogP contribution in [0.25, 0.3) is 5.69 Å². The normalized spacial score (nSPS) is 10.8. The molecule has 0 saturated carbocycles. The Bertz CT molecular complexity index is 1280. The van der Waals surface area contributed by atoms with Crippen molar-refractivity contribution < 1.29 is 9.53 Å². The molecule has 0 fully saturated rings. The minimum Gasteiger partial charge on any atom is -0.485 e. The molecule has 0 aliphatic carbocycles. The SMILES string of the molecule is Cc1ccc(-n2c(COc3c(C)cccc3C)nnc2SCC(=O)Nc2cccc(Cl)c2)cc1. The van der Waals surface area contributed by atoms with Crippen molar-refractivity contribution >= 4 is 35.0 Å². The number of nitrogens with zero attached hydrogens (tertiary/aromatic N) is 3. The van der Waals surface area contributed by atoms with Gasteiger partial charge in [0.2, 0.25) is 5.91 Å². The Morgan fingerprint density at radius 1 is 1.00 bits per heavy atom. The summed E-state index contributed by atoms with van der Waals surface area (Å²) < 4.78 is 8.08. The first-order chi connectivity index (χ1) is 16.4. The number of halogens is 1. The molecular weight excluding hydrogens is 468 g/mol. The van der Waals surface area contributed by atoms with Crippen molar-refractivity contribution in [2.75, 3.05) is 11.1 Å². The summed E-state index contributed by atoms with van der Waals surface area (Å²) in [6.45, 7) is 6.33.